The van der Waals surface area contributed by atoms with Gasteiger partial charge in [-0.25, -0.2) is 0 Å². The third kappa shape index (κ3) is 2.46. The Bertz CT molecular complexity index is 468. The van der Waals surface area contributed by atoms with Gasteiger partial charge in [0.05, 0.1) is 5.54 Å². The summed E-state index contributed by atoms with van der Waals surface area (Å²) in [6, 6.07) is 6.74. The molecule has 1 saturated carbocycles. The summed E-state index contributed by atoms with van der Waals surface area (Å²) in [6.07, 6.45) is 3.83. The van der Waals surface area contributed by atoms with Gasteiger partial charge in [0.15, 0.2) is 0 Å². The summed E-state index contributed by atoms with van der Waals surface area (Å²) in [5, 5.41) is 0. The van der Waals surface area contributed by atoms with E-state index in [-0.39, 0.29) is 5.54 Å². The summed E-state index contributed by atoms with van der Waals surface area (Å²) in [7, 11) is 2.24. The van der Waals surface area contributed by atoms with E-state index in [1.165, 1.54) is 36.1 Å². The molecular formula is C18H30N2. The van der Waals surface area contributed by atoms with E-state index in [2.05, 4.69) is 57.8 Å². The zero-order valence-corrected chi connectivity index (χ0v) is 13.7. The van der Waals surface area contributed by atoms with Gasteiger partial charge in [-0.05, 0) is 43.7 Å². The predicted octanol–water partition coefficient (Wildman–Crippen LogP) is 3.89. The molecule has 0 aromatic heterocycles. The van der Waals surface area contributed by atoms with Crippen molar-refractivity contribution in [1.29, 1.82) is 0 Å². The van der Waals surface area contributed by atoms with E-state index in [9.17, 15) is 0 Å². The first-order chi connectivity index (χ1) is 9.42. The molecule has 2 nitrogen and oxygen atoms in total. The Kier molecular flexibility index (Phi) is 4.43. The average molecular weight is 274 g/mol. The Morgan fingerprint density at radius 2 is 2.00 bits per heavy atom. The van der Waals surface area contributed by atoms with E-state index in [4.69, 9.17) is 5.73 Å². The molecule has 2 N–H and O–H groups in total. The topological polar surface area (TPSA) is 29.3 Å². The van der Waals surface area contributed by atoms with Crippen LogP contribution in [-0.2, 0) is 0 Å². The van der Waals surface area contributed by atoms with Gasteiger partial charge in [0.25, 0.3) is 0 Å². The van der Waals surface area contributed by atoms with Crippen LogP contribution in [0.25, 0.3) is 0 Å². The van der Waals surface area contributed by atoms with Crippen molar-refractivity contribution in [2.75, 3.05) is 18.5 Å². The molecule has 3 unspecified atom stereocenters. The molecular weight excluding hydrogens is 244 g/mol. The number of anilines is 1. The van der Waals surface area contributed by atoms with Gasteiger partial charge in [0, 0.05) is 19.3 Å². The fourth-order valence-electron chi connectivity index (χ4n) is 4.06. The van der Waals surface area contributed by atoms with Crippen molar-refractivity contribution in [3.05, 3.63) is 29.3 Å². The minimum Gasteiger partial charge on any atom is -0.367 e. The van der Waals surface area contributed by atoms with Crippen LogP contribution in [0.4, 0.5) is 5.69 Å². The first kappa shape index (κ1) is 15.4. The molecule has 0 spiro atoms. The molecule has 1 fully saturated rings. The largest absolute Gasteiger partial charge is 0.367 e. The van der Waals surface area contributed by atoms with Gasteiger partial charge in [0.2, 0.25) is 0 Å². The van der Waals surface area contributed by atoms with E-state index in [1.54, 1.807) is 0 Å². The van der Waals surface area contributed by atoms with Crippen LogP contribution in [0.1, 0.15) is 44.2 Å². The second kappa shape index (κ2) is 5.77. The van der Waals surface area contributed by atoms with E-state index in [0.29, 0.717) is 5.92 Å². The van der Waals surface area contributed by atoms with Gasteiger partial charge < -0.3 is 10.6 Å². The highest BCUT2D eigenvalue weighted by molar-refractivity contribution is 5.56. The fraction of sp³-hybridized carbons (Fsp3) is 0.667. The molecule has 0 bridgehead atoms. The predicted molar refractivity (Wildman–Crippen MR) is 88.3 cm³/mol. The van der Waals surface area contributed by atoms with Crippen molar-refractivity contribution in [2.24, 2.45) is 17.6 Å². The van der Waals surface area contributed by atoms with Crippen LogP contribution in [0.15, 0.2) is 18.2 Å². The zero-order valence-electron chi connectivity index (χ0n) is 13.7. The quantitative estimate of drug-likeness (QED) is 0.906. The fourth-order valence-corrected chi connectivity index (χ4v) is 4.06. The standard InChI is InChI=1S/C18H30N2/c1-13-8-9-17(15(3)11-13)20(5)18(12-19)10-6-7-14(2)16(18)4/h8-9,11,14,16H,6-7,10,12,19H2,1-5H3. The maximum absolute atomic E-state index is 6.27. The van der Waals surface area contributed by atoms with Crippen LogP contribution in [-0.4, -0.2) is 19.1 Å². The number of hydrogen-bond acceptors (Lipinski definition) is 2. The lowest BCUT2D eigenvalue weighted by Gasteiger charge is -2.52. The maximum Gasteiger partial charge on any atom is 0.0549 e. The van der Waals surface area contributed by atoms with Crippen LogP contribution in [0.5, 0.6) is 0 Å². The molecule has 3 atom stereocenters. The third-order valence-corrected chi connectivity index (χ3v) is 5.71. The Hall–Kier alpha value is -1.02. The number of benzene rings is 1. The molecule has 1 aromatic carbocycles. The van der Waals surface area contributed by atoms with E-state index >= 15 is 0 Å². The van der Waals surface area contributed by atoms with Crippen LogP contribution < -0.4 is 10.6 Å². The van der Waals surface area contributed by atoms with Crippen molar-refractivity contribution >= 4 is 5.69 Å². The lowest BCUT2D eigenvalue weighted by Crippen LogP contribution is -2.60. The molecule has 0 amide bonds. The first-order valence-electron chi connectivity index (χ1n) is 7.93. The Labute approximate surface area is 124 Å². The molecule has 1 aliphatic carbocycles. The van der Waals surface area contributed by atoms with Crippen molar-refractivity contribution in [3.8, 4) is 0 Å². The van der Waals surface area contributed by atoms with Crippen molar-refractivity contribution in [3.63, 3.8) is 0 Å². The van der Waals surface area contributed by atoms with Crippen LogP contribution in [0.3, 0.4) is 0 Å². The average Bonchev–Trinajstić information content (AvgIpc) is 2.41. The summed E-state index contributed by atoms with van der Waals surface area (Å²) in [6.45, 7) is 9.86. The van der Waals surface area contributed by atoms with Crippen LogP contribution in [0, 0.1) is 25.7 Å². The minimum atomic E-state index is 0.109. The number of rotatable bonds is 3. The molecule has 1 aliphatic rings. The molecule has 112 valence electrons. The summed E-state index contributed by atoms with van der Waals surface area (Å²) in [5.41, 5.74) is 10.4. The molecule has 0 saturated heterocycles. The number of aryl methyl sites for hydroxylation is 2. The molecule has 0 radical (unpaired) electrons. The Morgan fingerprint density at radius 1 is 1.30 bits per heavy atom. The first-order valence-corrected chi connectivity index (χ1v) is 7.93. The van der Waals surface area contributed by atoms with Crippen molar-refractivity contribution in [1.82, 2.24) is 0 Å². The maximum atomic E-state index is 6.27. The van der Waals surface area contributed by atoms with Gasteiger partial charge in [-0.3, -0.25) is 0 Å². The number of likely N-dealkylation sites (N-methyl/N-ethyl adjacent to an activating group) is 1. The molecule has 0 aliphatic heterocycles. The normalized spacial score (nSPS) is 30.3. The summed E-state index contributed by atoms with van der Waals surface area (Å²) >= 11 is 0. The van der Waals surface area contributed by atoms with E-state index in [1.807, 2.05) is 0 Å². The second-order valence-electron chi connectivity index (χ2n) is 6.81. The van der Waals surface area contributed by atoms with Gasteiger partial charge in [-0.2, -0.15) is 0 Å². The lowest BCUT2D eigenvalue weighted by molar-refractivity contribution is 0.144. The van der Waals surface area contributed by atoms with Gasteiger partial charge in [-0.15, -0.1) is 0 Å². The Morgan fingerprint density at radius 3 is 2.60 bits per heavy atom. The monoisotopic (exact) mass is 274 g/mol. The number of hydrogen-bond donors (Lipinski definition) is 1. The smallest absolute Gasteiger partial charge is 0.0549 e. The van der Waals surface area contributed by atoms with Gasteiger partial charge in [-0.1, -0.05) is 44.4 Å². The van der Waals surface area contributed by atoms with Gasteiger partial charge >= 0.3 is 0 Å². The third-order valence-electron chi connectivity index (χ3n) is 5.71. The summed E-state index contributed by atoms with van der Waals surface area (Å²) < 4.78 is 0. The highest BCUT2D eigenvalue weighted by Crippen LogP contribution is 2.43. The highest BCUT2D eigenvalue weighted by atomic mass is 15.2. The summed E-state index contributed by atoms with van der Waals surface area (Å²) in [5.74, 6) is 1.38. The second-order valence-corrected chi connectivity index (χ2v) is 6.81. The molecule has 0 heterocycles. The number of nitrogens with two attached hydrogens (primary N) is 1. The number of nitrogens with zero attached hydrogens (tertiary/aromatic N) is 1. The van der Waals surface area contributed by atoms with E-state index in [0.717, 1.165) is 12.5 Å². The summed E-state index contributed by atoms with van der Waals surface area (Å²) in [4.78, 5) is 2.47. The van der Waals surface area contributed by atoms with Crippen LogP contribution >= 0.6 is 0 Å². The molecule has 2 rings (SSSR count). The molecule has 1 aromatic rings. The van der Waals surface area contributed by atoms with Gasteiger partial charge in [0.1, 0.15) is 0 Å². The zero-order chi connectivity index (χ0) is 14.9. The lowest BCUT2D eigenvalue weighted by atomic mass is 9.67. The van der Waals surface area contributed by atoms with Crippen LogP contribution in [0.2, 0.25) is 0 Å². The highest BCUT2D eigenvalue weighted by Gasteiger charge is 2.43. The van der Waals surface area contributed by atoms with E-state index < -0.39 is 0 Å². The SMILES string of the molecule is Cc1ccc(N(C)C2(CN)CCCC(C)C2C)c(C)c1. The van der Waals surface area contributed by atoms with Crippen molar-refractivity contribution in [2.45, 2.75) is 52.5 Å². The molecule has 2 heteroatoms. The Balaban J connectivity index is 2.39. The minimum absolute atomic E-state index is 0.109. The molecule has 20 heavy (non-hydrogen) atoms. The van der Waals surface area contributed by atoms with Crippen molar-refractivity contribution < 1.29 is 0 Å².